The van der Waals surface area contributed by atoms with Crippen molar-refractivity contribution in [2.75, 3.05) is 13.6 Å². The predicted octanol–water partition coefficient (Wildman–Crippen LogP) is 2.83. The van der Waals surface area contributed by atoms with Gasteiger partial charge in [0.1, 0.15) is 5.82 Å². The van der Waals surface area contributed by atoms with E-state index in [9.17, 15) is 4.39 Å². The van der Waals surface area contributed by atoms with E-state index in [-0.39, 0.29) is 5.82 Å². The Hall–Kier alpha value is -1.67. The lowest BCUT2D eigenvalue weighted by Gasteiger charge is -2.15. The van der Waals surface area contributed by atoms with Gasteiger partial charge in [0.25, 0.3) is 0 Å². The minimum absolute atomic E-state index is 0.189. The maximum absolute atomic E-state index is 13.1. The molecule has 0 aliphatic heterocycles. The van der Waals surface area contributed by atoms with Crippen LogP contribution >= 0.6 is 11.3 Å². The molecule has 0 bridgehead atoms. The largest absolute Gasteiger partial charge is 0.320 e. The Balaban J connectivity index is 1.94. The molecule has 0 radical (unpaired) electrons. The van der Waals surface area contributed by atoms with Crippen LogP contribution in [0.15, 0.2) is 35.7 Å². The van der Waals surface area contributed by atoms with Gasteiger partial charge in [0, 0.05) is 28.9 Å². The molecule has 0 saturated carbocycles. The molecule has 0 fully saturated rings. The Morgan fingerprint density at radius 1 is 1.30 bits per heavy atom. The first-order valence-electron chi connectivity index (χ1n) is 6.36. The maximum atomic E-state index is 13.1. The van der Waals surface area contributed by atoms with Crippen molar-refractivity contribution in [1.29, 1.82) is 0 Å². The van der Waals surface area contributed by atoms with E-state index in [4.69, 9.17) is 5.73 Å². The van der Waals surface area contributed by atoms with Crippen molar-refractivity contribution in [3.05, 3.63) is 57.5 Å². The fraction of sp³-hybridized carbons (Fsp3) is 0.250. The predicted molar refractivity (Wildman–Crippen MR) is 81.8 cm³/mol. The van der Waals surface area contributed by atoms with Crippen LogP contribution in [0.1, 0.15) is 16.0 Å². The van der Waals surface area contributed by atoms with Crippen molar-refractivity contribution in [3.63, 3.8) is 0 Å². The lowest BCUT2D eigenvalue weighted by molar-refractivity contribution is 0.321. The fourth-order valence-corrected chi connectivity index (χ4v) is 2.85. The molecule has 1 heterocycles. The van der Waals surface area contributed by atoms with Gasteiger partial charge in [-0.3, -0.25) is 4.90 Å². The van der Waals surface area contributed by atoms with Gasteiger partial charge in [-0.25, -0.2) is 4.39 Å². The van der Waals surface area contributed by atoms with Crippen molar-refractivity contribution in [1.82, 2.24) is 4.90 Å². The number of hydrogen-bond donors (Lipinski definition) is 1. The van der Waals surface area contributed by atoms with Crippen LogP contribution in [-0.2, 0) is 13.1 Å². The molecule has 0 spiro atoms. The van der Waals surface area contributed by atoms with E-state index < -0.39 is 0 Å². The van der Waals surface area contributed by atoms with Gasteiger partial charge in [0.15, 0.2) is 0 Å². The topological polar surface area (TPSA) is 29.3 Å². The molecule has 0 saturated heterocycles. The third-order valence-corrected chi connectivity index (χ3v) is 3.68. The highest BCUT2D eigenvalue weighted by molar-refractivity contribution is 7.10. The summed E-state index contributed by atoms with van der Waals surface area (Å²) in [5.41, 5.74) is 7.34. The van der Waals surface area contributed by atoms with Crippen LogP contribution in [0, 0.1) is 17.7 Å². The van der Waals surface area contributed by atoms with Crippen molar-refractivity contribution in [2.24, 2.45) is 5.73 Å². The third kappa shape index (κ3) is 4.46. The van der Waals surface area contributed by atoms with Gasteiger partial charge in [-0.1, -0.05) is 24.0 Å². The Morgan fingerprint density at radius 3 is 2.90 bits per heavy atom. The van der Waals surface area contributed by atoms with Gasteiger partial charge < -0.3 is 5.73 Å². The van der Waals surface area contributed by atoms with E-state index in [2.05, 4.69) is 22.8 Å². The van der Waals surface area contributed by atoms with E-state index in [0.717, 1.165) is 24.2 Å². The number of nitrogens with zero attached hydrogens (tertiary/aromatic N) is 1. The maximum Gasteiger partial charge on any atom is 0.123 e. The molecule has 0 unspecified atom stereocenters. The van der Waals surface area contributed by atoms with Crippen LogP contribution in [0.4, 0.5) is 4.39 Å². The Bertz CT molecular complexity index is 625. The summed E-state index contributed by atoms with van der Waals surface area (Å²) in [7, 11) is 2.02. The summed E-state index contributed by atoms with van der Waals surface area (Å²) >= 11 is 1.68. The first-order valence-corrected chi connectivity index (χ1v) is 7.24. The SMILES string of the molecule is CN(Cc1cccc(F)c1)Cc1cc(C#CCN)cs1. The van der Waals surface area contributed by atoms with Crippen LogP contribution in [0.5, 0.6) is 0 Å². The summed E-state index contributed by atoms with van der Waals surface area (Å²) in [6.07, 6.45) is 0. The highest BCUT2D eigenvalue weighted by atomic mass is 32.1. The Morgan fingerprint density at radius 2 is 2.15 bits per heavy atom. The molecule has 104 valence electrons. The summed E-state index contributed by atoms with van der Waals surface area (Å²) in [6, 6.07) is 8.79. The second-order valence-electron chi connectivity index (χ2n) is 4.61. The summed E-state index contributed by atoms with van der Waals surface area (Å²) in [6.45, 7) is 1.93. The van der Waals surface area contributed by atoms with E-state index in [1.54, 1.807) is 23.5 Å². The molecule has 2 aromatic rings. The molecular weight excluding hydrogens is 271 g/mol. The van der Waals surface area contributed by atoms with Gasteiger partial charge in [-0.05, 0) is 30.8 Å². The number of thiophene rings is 1. The molecule has 0 aliphatic carbocycles. The lowest BCUT2D eigenvalue weighted by Crippen LogP contribution is -2.16. The van der Waals surface area contributed by atoms with Gasteiger partial charge >= 0.3 is 0 Å². The molecule has 0 amide bonds. The van der Waals surface area contributed by atoms with Crippen LogP contribution in [-0.4, -0.2) is 18.5 Å². The monoisotopic (exact) mass is 288 g/mol. The van der Waals surface area contributed by atoms with Gasteiger partial charge in [-0.2, -0.15) is 0 Å². The molecule has 1 aromatic heterocycles. The van der Waals surface area contributed by atoms with Crippen LogP contribution in [0.2, 0.25) is 0 Å². The zero-order chi connectivity index (χ0) is 14.4. The molecule has 4 heteroatoms. The van der Waals surface area contributed by atoms with Crippen molar-refractivity contribution in [2.45, 2.75) is 13.1 Å². The molecule has 2 nitrogen and oxygen atoms in total. The summed E-state index contributed by atoms with van der Waals surface area (Å²) in [5.74, 6) is 5.68. The molecule has 2 N–H and O–H groups in total. The highest BCUT2D eigenvalue weighted by Crippen LogP contribution is 2.17. The molecule has 20 heavy (non-hydrogen) atoms. The van der Waals surface area contributed by atoms with Gasteiger partial charge in [-0.15, -0.1) is 11.3 Å². The smallest absolute Gasteiger partial charge is 0.123 e. The van der Waals surface area contributed by atoms with Crippen molar-refractivity contribution in [3.8, 4) is 11.8 Å². The molecular formula is C16H17FN2S. The first kappa shape index (κ1) is 14.7. The number of hydrogen-bond acceptors (Lipinski definition) is 3. The quantitative estimate of drug-likeness (QED) is 0.877. The second-order valence-corrected chi connectivity index (χ2v) is 5.61. The van der Waals surface area contributed by atoms with E-state index in [1.807, 2.05) is 18.5 Å². The number of rotatable bonds is 4. The average molecular weight is 288 g/mol. The van der Waals surface area contributed by atoms with Crippen molar-refractivity contribution < 1.29 is 4.39 Å². The fourth-order valence-electron chi connectivity index (χ4n) is 1.95. The lowest BCUT2D eigenvalue weighted by atomic mass is 10.2. The van der Waals surface area contributed by atoms with Crippen LogP contribution < -0.4 is 5.73 Å². The normalized spacial score (nSPS) is 10.4. The number of benzene rings is 1. The summed E-state index contributed by atoms with van der Waals surface area (Å²) < 4.78 is 13.1. The minimum atomic E-state index is -0.189. The minimum Gasteiger partial charge on any atom is -0.320 e. The molecule has 1 aromatic carbocycles. The highest BCUT2D eigenvalue weighted by Gasteiger charge is 2.05. The molecule has 0 atom stereocenters. The Kier molecular flexibility index (Phi) is 5.31. The zero-order valence-electron chi connectivity index (χ0n) is 11.4. The van der Waals surface area contributed by atoms with Gasteiger partial charge in [0.05, 0.1) is 6.54 Å². The number of nitrogens with two attached hydrogens (primary N) is 1. The van der Waals surface area contributed by atoms with E-state index in [1.165, 1.54) is 10.9 Å². The molecule has 2 rings (SSSR count). The van der Waals surface area contributed by atoms with Crippen LogP contribution in [0.25, 0.3) is 0 Å². The average Bonchev–Trinajstić information content (AvgIpc) is 2.83. The van der Waals surface area contributed by atoms with E-state index >= 15 is 0 Å². The standard InChI is InChI=1S/C16H17FN2S/c1-19(10-13-4-2-6-15(17)8-13)11-16-9-14(12-20-16)5-3-7-18/h2,4,6,8-9,12H,7,10-11,18H2,1H3. The zero-order valence-corrected chi connectivity index (χ0v) is 12.2. The first-order chi connectivity index (χ1) is 9.67. The molecule has 0 aliphatic rings. The van der Waals surface area contributed by atoms with Crippen LogP contribution in [0.3, 0.4) is 0 Å². The second kappa shape index (κ2) is 7.20. The number of halogens is 1. The summed E-state index contributed by atoms with van der Waals surface area (Å²) in [5, 5.41) is 2.04. The van der Waals surface area contributed by atoms with Gasteiger partial charge in [0.2, 0.25) is 0 Å². The van der Waals surface area contributed by atoms with E-state index in [0.29, 0.717) is 6.54 Å². The third-order valence-electron chi connectivity index (χ3n) is 2.76. The summed E-state index contributed by atoms with van der Waals surface area (Å²) in [4.78, 5) is 3.39. The van der Waals surface area contributed by atoms with Crippen molar-refractivity contribution >= 4 is 11.3 Å². The Labute approximate surface area is 123 Å².